The maximum absolute atomic E-state index is 13.8. The Balaban J connectivity index is 1.35. The predicted octanol–water partition coefficient (Wildman–Crippen LogP) is 3.97. The smallest absolute Gasteiger partial charge is 0.221 e. The lowest BCUT2D eigenvalue weighted by Gasteiger charge is -2.22. The van der Waals surface area contributed by atoms with Gasteiger partial charge in [0, 0.05) is 31.8 Å². The lowest BCUT2D eigenvalue weighted by molar-refractivity contribution is -0.122. The molecular formula is C22H27FN2O3. The number of hydrogen-bond donors (Lipinski definition) is 2. The van der Waals surface area contributed by atoms with Gasteiger partial charge in [-0.05, 0) is 37.1 Å². The van der Waals surface area contributed by atoms with Gasteiger partial charge in [-0.25, -0.2) is 4.39 Å². The number of carbonyl (C=O) groups is 2. The first-order chi connectivity index (χ1) is 13.6. The van der Waals surface area contributed by atoms with E-state index in [0.717, 1.165) is 12.8 Å². The third kappa shape index (κ3) is 5.94. The Hall–Kier alpha value is -2.63. The highest BCUT2D eigenvalue weighted by molar-refractivity contribution is 5.79. The maximum atomic E-state index is 13.8. The first-order valence-electron chi connectivity index (χ1n) is 10.0. The minimum atomic E-state index is -0.340. The number of hydrogen-bond acceptors (Lipinski definition) is 3. The van der Waals surface area contributed by atoms with Gasteiger partial charge in [-0.2, -0.15) is 0 Å². The third-order valence-electron chi connectivity index (χ3n) is 5.04. The quantitative estimate of drug-likeness (QED) is 0.721. The highest BCUT2D eigenvalue weighted by atomic mass is 19.1. The van der Waals surface area contributed by atoms with E-state index in [-0.39, 0.29) is 24.1 Å². The van der Waals surface area contributed by atoms with Crippen LogP contribution in [0.15, 0.2) is 40.8 Å². The van der Waals surface area contributed by atoms with Crippen molar-refractivity contribution in [2.24, 2.45) is 0 Å². The Morgan fingerprint density at radius 3 is 2.57 bits per heavy atom. The Morgan fingerprint density at radius 1 is 1.00 bits per heavy atom. The molecule has 2 aromatic rings. The minimum absolute atomic E-state index is 0.00670. The van der Waals surface area contributed by atoms with Crippen LogP contribution in [0.2, 0.25) is 0 Å². The fourth-order valence-corrected chi connectivity index (χ4v) is 3.51. The average molecular weight is 386 g/mol. The summed E-state index contributed by atoms with van der Waals surface area (Å²) < 4.78 is 19.4. The lowest BCUT2D eigenvalue weighted by Crippen LogP contribution is -2.38. The SMILES string of the molecule is O=C(CCc1ccc(-c2ccccc2F)o1)NCCC(=O)NC1CCCCC1. The second-order valence-electron chi connectivity index (χ2n) is 7.25. The largest absolute Gasteiger partial charge is 0.461 e. The summed E-state index contributed by atoms with van der Waals surface area (Å²) in [4.78, 5) is 23.9. The maximum Gasteiger partial charge on any atom is 0.221 e. The molecule has 0 aliphatic heterocycles. The van der Waals surface area contributed by atoms with E-state index in [2.05, 4.69) is 10.6 Å². The lowest BCUT2D eigenvalue weighted by atomic mass is 9.95. The molecule has 1 heterocycles. The molecule has 0 radical (unpaired) electrons. The molecule has 150 valence electrons. The summed E-state index contributed by atoms with van der Waals surface area (Å²) in [5, 5.41) is 5.80. The van der Waals surface area contributed by atoms with E-state index in [4.69, 9.17) is 4.42 Å². The molecule has 1 aliphatic rings. The topological polar surface area (TPSA) is 71.3 Å². The van der Waals surface area contributed by atoms with Crippen LogP contribution in [0.4, 0.5) is 4.39 Å². The molecule has 0 unspecified atom stereocenters. The van der Waals surface area contributed by atoms with Gasteiger partial charge in [-0.1, -0.05) is 31.4 Å². The number of rotatable bonds is 8. The molecule has 1 saturated carbocycles. The van der Waals surface area contributed by atoms with Gasteiger partial charge in [-0.15, -0.1) is 0 Å². The molecule has 0 spiro atoms. The summed E-state index contributed by atoms with van der Waals surface area (Å²) >= 11 is 0. The van der Waals surface area contributed by atoms with Gasteiger partial charge < -0.3 is 15.1 Å². The average Bonchev–Trinajstić information content (AvgIpc) is 3.16. The Labute approximate surface area is 164 Å². The van der Waals surface area contributed by atoms with Gasteiger partial charge in [0.15, 0.2) is 0 Å². The van der Waals surface area contributed by atoms with E-state index >= 15 is 0 Å². The van der Waals surface area contributed by atoms with Crippen molar-refractivity contribution < 1.29 is 18.4 Å². The van der Waals surface area contributed by atoms with Crippen molar-refractivity contribution >= 4 is 11.8 Å². The zero-order valence-corrected chi connectivity index (χ0v) is 16.0. The van der Waals surface area contributed by atoms with Crippen molar-refractivity contribution in [3.05, 3.63) is 48.0 Å². The van der Waals surface area contributed by atoms with Crippen LogP contribution in [-0.2, 0) is 16.0 Å². The van der Waals surface area contributed by atoms with Crippen molar-refractivity contribution in [1.82, 2.24) is 10.6 Å². The van der Waals surface area contributed by atoms with Crippen molar-refractivity contribution in [1.29, 1.82) is 0 Å². The normalized spacial score (nSPS) is 14.6. The van der Waals surface area contributed by atoms with E-state index in [1.165, 1.54) is 25.3 Å². The number of halogens is 1. The van der Waals surface area contributed by atoms with Gasteiger partial charge in [0.05, 0.1) is 5.56 Å². The van der Waals surface area contributed by atoms with Crippen LogP contribution in [0, 0.1) is 5.82 Å². The van der Waals surface area contributed by atoms with Crippen LogP contribution in [0.1, 0.15) is 50.7 Å². The van der Waals surface area contributed by atoms with Gasteiger partial charge in [0.1, 0.15) is 17.3 Å². The number of benzene rings is 1. The molecule has 0 saturated heterocycles. The van der Waals surface area contributed by atoms with Crippen LogP contribution < -0.4 is 10.6 Å². The molecule has 28 heavy (non-hydrogen) atoms. The van der Waals surface area contributed by atoms with E-state index in [9.17, 15) is 14.0 Å². The van der Waals surface area contributed by atoms with Crippen LogP contribution >= 0.6 is 0 Å². The monoisotopic (exact) mass is 386 g/mol. The first-order valence-corrected chi connectivity index (χ1v) is 10.0. The number of amides is 2. The number of aryl methyl sites for hydroxylation is 1. The fraction of sp³-hybridized carbons (Fsp3) is 0.455. The van der Waals surface area contributed by atoms with Crippen molar-refractivity contribution in [2.75, 3.05) is 6.54 Å². The van der Waals surface area contributed by atoms with Crippen molar-refractivity contribution in [3.8, 4) is 11.3 Å². The molecule has 2 N–H and O–H groups in total. The highest BCUT2D eigenvalue weighted by Gasteiger charge is 2.15. The first kappa shape index (κ1) is 20.1. The molecule has 0 atom stereocenters. The molecule has 1 aromatic carbocycles. The van der Waals surface area contributed by atoms with Crippen LogP contribution in [0.3, 0.4) is 0 Å². The van der Waals surface area contributed by atoms with E-state index in [1.54, 1.807) is 30.3 Å². The van der Waals surface area contributed by atoms with E-state index in [1.807, 2.05) is 0 Å². The molecule has 0 bridgehead atoms. The molecule has 1 fully saturated rings. The van der Waals surface area contributed by atoms with Crippen molar-refractivity contribution in [3.63, 3.8) is 0 Å². The molecule has 3 rings (SSSR count). The summed E-state index contributed by atoms with van der Waals surface area (Å²) in [6.45, 7) is 0.329. The minimum Gasteiger partial charge on any atom is -0.461 e. The molecular weight excluding hydrogens is 359 g/mol. The third-order valence-corrected chi connectivity index (χ3v) is 5.04. The highest BCUT2D eigenvalue weighted by Crippen LogP contribution is 2.25. The Bertz CT molecular complexity index is 797. The zero-order valence-electron chi connectivity index (χ0n) is 16.0. The fourth-order valence-electron chi connectivity index (χ4n) is 3.51. The molecule has 1 aliphatic carbocycles. The van der Waals surface area contributed by atoms with Gasteiger partial charge in [-0.3, -0.25) is 9.59 Å². The summed E-state index contributed by atoms with van der Waals surface area (Å²) in [5.41, 5.74) is 0.405. The van der Waals surface area contributed by atoms with E-state index < -0.39 is 0 Å². The Morgan fingerprint density at radius 2 is 1.79 bits per heavy atom. The summed E-state index contributed by atoms with van der Waals surface area (Å²) in [6, 6.07) is 10.2. The standard InChI is InChI=1S/C22H27FN2O3/c23-19-9-5-4-8-18(19)20-12-10-17(28-20)11-13-21(26)24-15-14-22(27)25-16-6-2-1-3-7-16/h4-5,8-10,12,16H,1-3,6-7,11,13-15H2,(H,24,26)(H,25,27). The van der Waals surface area contributed by atoms with Crippen molar-refractivity contribution in [2.45, 2.75) is 57.4 Å². The molecule has 5 nitrogen and oxygen atoms in total. The van der Waals surface area contributed by atoms with Crippen LogP contribution in [0.25, 0.3) is 11.3 Å². The molecule has 1 aromatic heterocycles. The molecule has 2 amide bonds. The number of furan rings is 1. The summed E-state index contributed by atoms with van der Waals surface area (Å²) in [5.74, 6) is 0.603. The van der Waals surface area contributed by atoms with Gasteiger partial charge in [0.25, 0.3) is 0 Å². The number of carbonyl (C=O) groups excluding carboxylic acids is 2. The zero-order chi connectivity index (χ0) is 19.8. The summed E-state index contributed by atoms with van der Waals surface area (Å²) in [7, 11) is 0. The van der Waals surface area contributed by atoms with Crippen LogP contribution in [0.5, 0.6) is 0 Å². The summed E-state index contributed by atoms with van der Waals surface area (Å²) in [6.07, 6.45) is 6.68. The van der Waals surface area contributed by atoms with Crippen LogP contribution in [-0.4, -0.2) is 24.4 Å². The molecule has 6 heteroatoms. The number of nitrogens with one attached hydrogen (secondary N) is 2. The Kier molecular flexibility index (Phi) is 7.23. The van der Waals surface area contributed by atoms with Gasteiger partial charge in [0.2, 0.25) is 11.8 Å². The van der Waals surface area contributed by atoms with Gasteiger partial charge >= 0.3 is 0 Å². The van der Waals surface area contributed by atoms with E-state index in [0.29, 0.717) is 42.5 Å². The second-order valence-corrected chi connectivity index (χ2v) is 7.25. The predicted molar refractivity (Wildman–Crippen MR) is 105 cm³/mol. The second kappa shape index (κ2) is 10.1.